The first-order chi connectivity index (χ1) is 13.7. The molecule has 3 rings (SSSR count). The van der Waals surface area contributed by atoms with Crippen molar-refractivity contribution < 1.29 is 14.3 Å². The van der Waals surface area contributed by atoms with E-state index in [2.05, 4.69) is 20.5 Å². The standard InChI is InChI=1S/C20H29ClN4O3/c1-22-20(25-11-13-28-18(14-25)17-4-3-12-27-17)23-10-2-5-19(26)24-16-8-6-15(21)7-9-16/h6-9,17-18H,2-5,10-14H2,1H3,(H,22,23)(H,24,26). The van der Waals surface area contributed by atoms with Crippen LogP contribution >= 0.6 is 11.6 Å². The number of rotatable bonds is 6. The summed E-state index contributed by atoms with van der Waals surface area (Å²) in [4.78, 5) is 18.7. The summed E-state index contributed by atoms with van der Waals surface area (Å²) in [6.45, 7) is 3.77. The molecule has 2 aliphatic rings. The van der Waals surface area contributed by atoms with Gasteiger partial charge in [-0.25, -0.2) is 0 Å². The SMILES string of the molecule is CN=C(NCCCC(=O)Nc1ccc(Cl)cc1)N1CCOC(C2CCCO2)C1. The Balaban J connectivity index is 1.37. The summed E-state index contributed by atoms with van der Waals surface area (Å²) >= 11 is 5.85. The van der Waals surface area contributed by atoms with Gasteiger partial charge in [-0.2, -0.15) is 0 Å². The van der Waals surface area contributed by atoms with Crippen LogP contribution in [0.25, 0.3) is 0 Å². The fourth-order valence-electron chi connectivity index (χ4n) is 3.53. The first-order valence-corrected chi connectivity index (χ1v) is 10.3. The highest BCUT2D eigenvalue weighted by Crippen LogP contribution is 2.21. The molecule has 0 bridgehead atoms. The van der Waals surface area contributed by atoms with Crippen LogP contribution in [-0.2, 0) is 14.3 Å². The zero-order valence-corrected chi connectivity index (χ0v) is 17.1. The van der Waals surface area contributed by atoms with E-state index < -0.39 is 0 Å². The third kappa shape index (κ3) is 6.09. The largest absolute Gasteiger partial charge is 0.375 e. The first-order valence-electron chi connectivity index (χ1n) is 9.90. The van der Waals surface area contributed by atoms with Gasteiger partial charge in [-0.15, -0.1) is 0 Å². The summed E-state index contributed by atoms with van der Waals surface area (Å²) in [7, 11) is 1.78. The van der Waals surface area contributed by atoms with E-state index in [9.17, 15) is 4.79 Å². The number of amides is 1. The van der Waals surface area contributed by atoms with Gasteiger partial charge in [-0.05, 0) is 43.5 Å². The van der Waals surface area contributed by atoms with E-state index in [1.165, 1.54) is 0 Å². The van der Waals surface area contributed by atoms with Crippen molar-refractivity contribution in [1.82, 2.24) is 10.2 Å². The van der Waals surface area contributed by atoms with Crippen LogP contribution in [0.15, 0.2) is 29.3 Å². The number of hydrogen-bond acceptors (Lipinski definition) is 4. The smallest absolute Gasteiger partial charge is 0.224 e. The molecule has 2 N–H and O–H groups in total. The van der Waals surface area contributed by atoms with Gasteiger partial charge in [0, 0.05) is 50.4 Å². The molecule has 0 saturated carbocycles. The van der Waals surface area contributed by atoms with E-state index in [0.717, 1.165) is 50.6 Å². The minimum absolute atomic E-state index is 0.0103. The lowest BCUT2D eigenvalue weighted by molar-refractivity contribution is -0.116. The number of nitrogens with zero attached hydrogens (tertiary/aromatic N) is 2. The van der Waals surface area contributed by atoms with Crippen LogP contribution in [0.2, 0.25) is 5.02 Å². The van der Waals surface area contributed by atoms with Crippen LogP contribution < -0.4 is 10.6 Å². The van der Waals surface area contributed by atoms with E-state index in [1.807, 2.05) is 0 Å². The van der Waals surface area contributed by atoms with Crippen molar-refractivity contribution in [3.63, 3.8) is 0 Å². The maximum Gasteiger partial charge on any atom is 0.224 e. The molecule has 1 amide bonds. The molecule has 1 aromatic carbocycles. The Morgan fingerprint density at radius 1 is 1.25 bits per heavy atom. The topological polar surface area (TPSA) is 75.2 Å². The summed E-state index contributed by atoms with van der Waals surface area (Å²) in [5.41, 5.74) is 0.756. The van der Waals surface area contributed by atoms with Crippen molar-refractivity contribution in [2.75, 3.05) is 45.2 Å². The molecule has 2 saturated heterocycles. The van der Waals surface area contributed by atoms with Gasteiger partial charge in [0.05, 0.1) is 12.7 Å². The number of aliphatic imine (C=N–C) groups is 1. The van der Waals surface area contributed by atoms with Gasteiger partial charge in [0.15, 0.2) is 5.96 Å². The molecule has 2 heterocycles. The lowest BCUT2D eigenvalue weighted by Crippen LogP contribution is -2.53. The molecule has 154 valence electrons. The number of hydrogen-bond donors (Lipinski definition) is 2. The predicted molar refractivity (Wildman–Crippen MR) is 111 cm³/mol. The van der Waals surface area contributed by atoms with Gasteiger partial charge in [0.1, 0.15) is 6.10 Å². The Kier molecular flexibility index (Phi) is 7.94. The highest BCUT2D eigenvalue weighted by atomic mass is 35.5. The van der Waals surface area contributed by atoms with Crippen molar-refractivity contribution in [3.05, 3.63) is 29.3 Å². The van der Waals surface area contributed by atoms with Crippen LogP contribution in [0, 0.1) is 0 Å². The van der Waals surface area contributed by atoms with E-state index in [0.29, 0.717) is 24.6 Å². The second-order valence-corrected chi connectivity index (χ2v) is 7.48. The molecule has 1 aromatic rings. The molecular weight excluding hydrogens is 380 g/mol. The predicted octanol–water partition coefficient (Wildman–Crippen LogP) is 2.51. The molecule has 0 aliphatic carbocycles. The average molecular weight is 409 g/mol. The van der Waals surface area contributed by atoms with Crippen LogP contribution in [-0.4, -0.2) is 68.9 Å². The van der Waals surface area contributed by atoms with Gasteiger partial charge in [-0.3, -0.25) is 9.79 Å². The van der Waals surface area contributed by atoms with Gasteiger partial charge in [0.25, 0.3) is 0 Å². The second-order valence-electron chi connectivity index (χ2n) is 7.04. The number of morpholine rings is 1. The summed E-state index contributed by atoms with van der Waals surface area (Å²) in [5, 5.41) is 6.89. The number of carbonyl (C=O) groups is 1. The Hall–Kier alpha value is -1.83. The van der Waals surface area contributed by atoms with E-state index in [1.54, 1.807) is 31.3 Å². The highest BCUT2D eigenvalue weighted by molar-refractivity contribution is 6.30. The maximum atomic E-state index is 12.1. The number of nitrogens with one attached hydrogen (secondary N) is 2. The third-order valence-electron chi connectivity index (χ3n) is 4.98. The van der Waals surface area contributed by atoms with Gasteiger partial charge >= 0.3 is 0 Å². The summed E-state index contributed by atoms with van der Waals surface area (Å²) in [6, 6.07) is 7.11. The summed E-state index contributed by atoms with van der Waals surface area (Å²) in [5.74, 6) is 0.841. The molecule has 2 atom stereocenters. The minimum Gasteiger partial charge on any atom is -0.375 e. The zero-order chi connectivity index (χ0) is 19.8. The summed E-state index contributed by atoms with van der Waals surface area (Å²) < 4.78 is 11.7. The Morgan fingerprint density at radius 2 is 2.04 bits per heavy atom. The van der Waals surface area contributed by atoms with Crippen LogP contribution in [0.1, 0.15) is 25.7 Å². The Bertz CT molecular complexity index is 662. The molecule has 2 unspecified atom stereocenters. The molecule has 2 aliphatic heterocycles. The number of ether oxygens (including phenoxy) is 2. The normalized spacial score (nSPS) is 22.9. The molecule has 28 heavy (non-hydrogen) atoms. The fraction of sp³-hybridized carbons (Fsp3) is 0.600. The Morgan fingerprint density at radius 3 is 2.75 bits per heavy atom. The van der Waals surface area contributed by atoms with Crippen molar-refractivity contribution in [2.45, 2.75) is 37.9 Å². The lowest BCUT2D eigenvalue weighted by Gasteiger charge is -2.37. The zero-order valence-electron chi connectivity index (χ0n) is 16.3. The van der Waals surface area contributed by atoms with Crippen LogP contribution in [0.3, 0.4) is 0 Å². The van der Waals surface area contributed by atoms with Gasteiger partial charge in [0.2, 0.25) is 5.91 Å². The minimum atomic E-state index is -0.0103. The van der Waals surface area contributed by atoms with E-state index in [-0.39, 0.29) is 18.1 Å². The molecule has 8 heteroatoms. The monoisotopic (exact) mass is 408 g/mol. The van der Waals surface area contributed by atoms with Crippen molar-refractivity contribution in [1.29, 1.82) is 0 Å². The second kappa shape index (κ2) is 10.6. The van der Waals surface area contributed by atoms with E-state index >= 15 is 0 Å². The number of carbonyl (C=O) groups excluding carboxylic acids is 1. The molecular formula is C20H29ClN4O3. The van der Waals surface area contributed by atoms with E-state index in [4.69, 9.17) is 21.1 Å². The number of anilines is 1. The van der Waals surface area contributed by atoms with Gasteiger partial charge in [-0.1, -0.05) is 11.6 Å². The lowest BCUT2D eigenvalue weighted by atomic mass is 10.1. The number of halogens is 1. The van der Waals surface area contributed by atoms with Crippen molar-refractivity contribution in [3.8, 4) is 0 Å². The van der Waals surface area contributed by atoms with Crippen molar-refractivity contribution >= 4 is 29.2 Å². The van der Waals surface area contributed by atoms with Crippen LogP contribution in [0.5, 0.6) is 0 Å². The fourth-order valence-corrected chi connectivity index (χ4v) is 3.65. The molecule has 0 spiro atoms. The quantitative estimate of drug-likeness (QED) is 0.429. The Labute approximate surface area is 171 Å². The molecule has 0 radical (unpaired) electrons. The average Bonchev–Trinajstić information content (AvgIpc) is 3.25. The first kappa shape index (κ1) is 20.9. The summed E-state index contributed by atoms with van der Waals surface area (Å²) in [6.07, 6.45) is 3.62. The van der Waals surface area contributed by atoms with Crippen LogP contribution in [0.4, 0.5) is 5.69 Å². The number of guanidine groups is 1. The van der Waals surface area contributed by atoms with Crippen molar-refractivity contribution in [2.24, 2.45) is 4.99 Å². The molecule has 7 nitrogen and oxygen atoms in total. The number of benzene rings is 1. The highest BCUT2D eigenvalue weighted by Gasteiger charge is 2.32. The molecule has 0 aromatic heterocycles. The third-order valence-corrected chi connectivity index (χ3v) is 5.23. The van der Waals surface area contributed by atoms with Gasteiger partial charge < -0.3 is 25.0 Å². The maximum absolute atomic E-state index is 12.1. The molecule has 2 fully saturated rings.